The van der Waals surface area contributed by atoms with Gasteiger partial charge in [0.1, 0.15) is 0 Å². The Morgan fingerprint density at radius 1 is 0.333 bits per heavy atom. The molecule has 1 nitrogen and oxygen atoms in total. The smallest absolute Gasteiger partial charge is 0.0462 e. The lowest BCUT2D eigenvalue weighted by Gasteiger charge is -2.36. The molecule has 54 heavy (non-hydrogen) atoms. The fourth-order valence-electron chi connectivity index (χ4n) is 8.66. The van der Waals surface area contributed by atoms with Crippen LogP contribution < -0.4 is 4.90 Å². The minimum atomic E-state index is -0.140. The van der Waals surface area contributed by atoms with Crippen LogP contribution in [-0.2, 0) is 5.41 Å². The van der Waals surface area contributed by atoms with Crippen LogP contribution in [-0.4, -0.2) is 0 Å². The van der Waals surface area contributed by atoms with Crippen LogP contribution in [0.5, 0.6) is 0 Å². The zero-order valence-corrected chi connectivity index (χ0v) is 30.5. The number of benzene rings is 9. The summed E-state index contributed by atoms with van der Waals surface area (Å²) < 4.78 is 0. The number of fused-ring (bicyclic) bond motifs is 3. The molecule has 1 aliphatic carbocycles. The third-order valence-corrected chi connectivity index (χ3v) is 11.4. The minimum absolute atomic E-state index is 0.140. The molecule has 0 radical (unpaired) electrons. The Hall–Kier alpha value is -6.70. The molecule has 1 aliphatic rings. The van der Waals surface area contributed by atoms with Gasteiger partial charge in [-0.25, -0.2) is 0 Å². The molecule has 0 aromatic heterocycles. The molecule has 0 atom stereocenters. The Morgan fingerprint density at radius 3 is 1.61 bits per heavy atom. The molecule has 0 bridgehead atoms. The minimum Gasteiger partial charge on any atom is -0.311 e. The average Bonchev–Trinajstić information content (AvgIpc) is 3.23. The zero-order valence-electron chi connectivity index (χ0n) is 30.5. The molecular formula is C53H39N. The van der Waals surface area contributed by atoms with Gasteiger partial charge in [-0.1, -0.05) is 166 Å². The summed E-state index contributed by atoms with van der Waals surface area (Å²) in [7, 11) is 0. The SMILES string of the molecule is CC1(C)c2ccc(-c3ccc4ccccc4c3)cc2-c2c(-c3ccc(N(c4ccccc4)c4ccc(-c5ccccc5)cc4)cc3)ccc3cccc1c23. The van der Waals surface area contributed by atoms with E-state index in [1.165, 1.54) is 77.2 Å². The largest absolute Gasteiger partial charge is 0.311 e. The molecule has 256 valence electrons. The standard InChI is InChI=1S/C53H39N/c1-53(2)49-33-27-43(42-21-20-37-14-9-10-15-41(37)34-42)35-48(49)52-47(32-26-40-16-11-19-50(53)51(40)52)39-24-30-46(31-25-39)54(44-17-7-4-8-18-44)45-28-22-38(23-29-45)36-12-5-3-6-13-36/h3-35H,1-2H3. The highest BCUT2D eigenvalue weighted by atomic mass is 15.1. The highest BCUT2D eigenvalue weighted by molar-refractivity contribution is 6.10. The van der Waals surface area contributed by atoms with Crippen LogP contribution in [0.2, 0.25) is 0 Å². The lowest BCUT2D eigenvalue weighted by atomic mass is 9.67. The van der Waals surface area contributed by atoms with Crippen molar-refractivity contribution >= 4 is 38.6 Å². The first kappa shape index (κ1) is 32.0. The van der Waals surface area contributed by atoms with Crippen molar-refractivity contribution in [2.75, 3.05) is 4.90 Å². The molecule has 0 aliphatic heterocycles. The zero-order chi connectivity index (χ0) is 36.2. The van der Waals surface area contributed by atoms with Gasteiger partial charge in [-0.2, -0.15) is 0 Å². The van der Waals surface area contributed by atoms with E-state index in [2.05, 4.69) is 219 Å². The maximum Gasteiger partial charge on any atom is 0.0462 e. The summed E-state index contributed by atoms with van der Waals surface area (Å²) in [4.78, 5) is 2.34. The first-order chi connectivity index (χ1) is 26.5. The third-order valence-electron chi connectivity index (χ3n) is 11.4. The van der Waals surface area contributed by atoms with E-state index in [4.69, 9.17) is 0 Å². The van der Waals surface area contributed by atoms with E-state index in [9.17, 15) is 0 Å². The molecule has 0 amide bonds. The molecule has 0 unspecified atom stereocenters. The molecule has 0 N–H and O–H groups in total. The maximum atomic E-state index is 2.44. The Morgan fingerprint density at radius 2 is 0.870 bits per heavy atom. The molecule has 9 aromatic rings. The molecular weight excluding hydrogens is 651 g/mol. The van der Waals surface area contributed by atoms with Gasteiger partial charge < -0.3 is 4.90 Å². The van der Waals surface area contributed by atoms with E-state index >= 15 is 0 Å². The lowest BCUT2D eigenvalue weighted by molar-refractivity contribution is 0.645. The summed E-state index contributed by atoms with van der Waals surface area (Å²) in [6, 6.07) is 73.3. The van der Waals surface area contributed by atoms with Crippen molar-refractivity contribution in [2.24, 2.45) is 0 Å². The fourth-order valence-corrected chi connectivity index (χ4v) is 8.66. The van der Waals surface area contributed by atoms with Crippen LogP contribution in [0.3, 0.4) is 0 Å². The van der Waals surface area contributed by atoms with Gasteiger partial charge in [-0.3, -0.25) is 0 Å². The molecule has 0 fully saturated rings. The van der Waals surface area contributed by atoms with E-state index in [-0.39, 0.29) is 5.41 Å². The first-order valence-electron chi connectivity index (χ1n) is 18.8. The Balaban J connectivity index is 1.10. The van der Waals surface area contributed by atoms with Gasteiger partial charge in [-0.05, 0) is 126 Å². The van der Waals surface area contributed by atoms with Gasteiger partial charge in [0.05, 0.1) is 0 Å². The number of nitrogens with zero attached hydrogens (tertiary/aromatic N) is 1. The van der Waals surface area contributed by atoms with Crippen molar-refractivity contribution in [3.63, 3.8) is 0 Å². The normalized spacial score (nSPS) is 12.8. The number of para-hydroxylation sites is 1. The maximum absolute atomic E-state index is 2.44. The molecule has 0 heterocycles. The molecule has 0 spiro atoms. The highest BCUT2D eigenvalue weighted by Crippen LogP contribution is 2.52. The topological polar surface area (TPSA) is 3.24 Å². The van der Waals surface area contributed by atoms with Gasteiger partial charge in [-0.15, -0.1) is 0 Å². The van der Waals surface area contributed by atoms with Gasteiger partial charge in [0.2, 0.25) is 0 Å². The molecule has 0 saturated heterocycles. The number of hydrogen-bond acceptors (Lipinski definition) is 1. The van der Waals surface area contributed by atoms with E-state index in [0.29, 0.717) is 0 Å². The summed E-state index contributed by atoms with van der Waals surface area (Å²) in [5.41, 5.74) is 16.0. The van der Waals surface area contributed by atoms with Gasteiger partial charge in [0.15, 0.2) is 0 Å². The van der Waals surface area contributed by atoms with Crippen molar-refractivity contribution in [1.82, 2.24) is 0 Å². The number of rotatable bonds is 6. The Kier molecular flexibility index (Phi) is 7.56. The second-order valence-corrected chi connectivity index (χ2v) is 15.0. The number of anilines is 3. The van der Waals surface area contributed by atoms with E-state index in [1.54, 1.807) is 0 Å². The Labute approximate surface area is 317 Å². The second kappa shape index (κ2) is 12.8. The highest BCUT2D eigenvalue weighted by Gasteiger charge is 2.35. The van der Waals surface area contributed by atoms with E-state index < -0.39 is 0 Å². The van der Waals surface area contributed by atoms with Crippen LogP contribution in [0.1, 0.15) is 25.0 Å². The van der Waals surface area contributed by atoms with Gasteiger partial charge >= 0.3 is 0 Å². The lowest BCUT2D eigenvalue weighted by Crippen LogP contribution is -2.24. The summed E-state index contributed by atoms with van der Waals surface area (Å²) >= 11 is 0. The van der Waals surface area contributed by atoms with Crippen LogP contribution in [0, 0.1) is 0 Å². The first-order valence-corrected chi connectivity index (χ1v) is 18.8. The van der Waals surface area contributed by atoms with E-state index in [1.807, 2.05) is 0 Å². The monoisotopic (exact) mass is 689 g/mol. The average molecular weight is 690 g/mol. The van der Waals surface area contributed by atoms with Crippen molar-refractivity contribution in [2.45, 2.75) is 19.3 Å². The Bertz CT molecular complexity index is 2810. The summed E-state index contributed by atoms with van der Waals surface area (Å²) in [6.45, 7) is 4.76. The van der Waals surface area contributed by atoms with Crippen molar-refractivity contribution in [3.05, 3.63) is 211 Å². The quantitative estimate of drug-likeness (QED) is 0.168. The molecule has 9 aromatic carbocycles. The summed E-state index contributed by atoms with van der Waals surface area (Å²) in [5.74, 6) is 0. The van der Waals surface area contributed by atoms with Crippen LogP contribution in [0.15, 0.2) is 200 Å². The fraction of sp³-hybridized carbons (Fsp3) is 0.0566. The number of hydrogen-bond donors (Lipinski definition) is 0. The van der Waals surface area contributed by atoms with Crippen molar-refractivity contribution in [3.8, 4) is 44.5 Å². The summed E-state index contributed by atoms with van der Waals surface area (Å²) in [6.07, 6.45) is 0. The summed E-state index contributed by atoms with van der Waals surface area (Å²) in [5, 5.41) is 5.17. The predicted molar refractivity (Wildman–Crippen MR) is 230 cm³/mol. The van der Waals surface area contributed by atoms with Gasteiger partial charge in [0.25, 0.3) is 0 Å². The molecule has 10 rings (SSSR count). The molecule has 1 heteroatoms. The second-order valence-electron chi connectivity index (χ2n) is 15.0. The molecule has 0 saturated carbocycles. The van der Waals surface area contributed by atoms with Crippen LogP contribution in [0.25, 0.3) is 66.1 Å². The van der Waals surface area contributed by atoms with E-state index in [0.717, 1.165) is 17.1 Å². The van der Waals surface area contributed by atoms with Crippen molar-refractivity contribution < 1.29 is 0 Å². The van der Waals surface area contributed by atoms with Crippen LogP contribution in [0.4, 0.5) is 17.1 Å². The van der Waals surface area contributed by atoms with Crippen LogP contribution >= 0.6 is 0 Å². The van der Waals surface area contributed by atoms with Crippen molar-refractivity contribution in [1.29, 1.82) is 0 Å². The predicted octanol–water partition coefficient (Wildman–Crippen LogP) is 14.8. The van der Waals surface area contributed by atoms with Gasteiger partial charge in [0, 0.05) is 22.5 Å². The third kappa shape index (κ3) is 5.32.